The first-order valence-corrected chi connectivity index (χ1v) is 5.15. The van der Waals surface area contributed by atoms with Gasteiger partial charge in [0.2, 0.25) is 0 Å². The Morgan fingerprint density at radius 1 is 1.50 bits per heavy atom. The van der Waals surface area contributed by atoms with Crippen molar-refractivity contribution in [3.05, 3.63) is 36.2 Å². The Balaban J connectivity index is 2.50. The van der Waals surface area contributed by atoms with Crippen LogP contribution in [0.2, 0.25) is 0 Å². The van der Waals surface area contributed by atoms with Crippen LogP contribution >= 0.6 is 0 Å². The second-order valence-electron chi connectivity index (χ2n) is 4.54. The van der Waals surface area contributed by atoms with Gasteiger partial charge in [-0.1, -0.05) is 19.9 Å². The molecule has 0 saturated heterocycles. The van der Waals surface area contributed by atoms with Crippen LogP contribution < -0.4 is 0 Å². The van der Waals surface area contributed by atoms with E-state index in [1.807, 2.05) is 38.2 Å². The Morgan fingerprint density at radius 3 is 2.94 bits per heavy atom. The molecule has 0 unspecified atom stereocenters. The Kier molecular flexibility index (Phi) is 2.42. The zero-order valence-corrected chi connectivity index (χ0v) is 9.34. The summed E-state index contributed by atoms with van der Waals surface area (Å²) in [6.45, 7) is 3.84. The zero-order valence-electron chi connectivity index (χ0n) is 9.34. The molecule has 84 valence electrons. The van der Waals surface area contributed by atoms with Crippen LogP contribution in [0.3, 0.4) is 0 Å². The van der Waals surface area contributed by atoms with E-state index in [4.69, 9.17) is 5.11 Å². The topological polar surface area (TPSA) is 54.6 Å². The first-order chi connectivity index (χ1) is 7.50. The minimum absolute atomic E-state index is 0.100. The molecule has 0 aromatic carbocycles. The Bertz CT molecular complexity index is 529. The van der Waals surface area contributed by atoms with Crippen LogP contribution in [0.5, 0.6) is 0 Å². The Morgan fingerprint density at radius 2 is 2.25 bits per heavy atom. The number of aromatic nitrogens is 2. The van der Waals surface area contributed by atoms with Crippen molar-refractivity contribution in [1.29, 1.82) is 0 Å². The van der Waals surface area contributed by atoms with Gasteiger partial charge in [-0.15, -0.1) is 0 Å². The number of hydrogen-bond donors (Lipinski definition) is 1. The molecule has 0 saturated carbocycles. The standard InChI is InChI=1S/C12H14N2O2/c1-12(2,7-11(15)16)9-8-13-14-6-4-3-5-10(9)14/h3-6,8H,7H2,1-2H3,(H,15,16). The highest BCUT2D eigenvalue weighted by atomic mass is 16.4. The molecule has 0 spiro atoms. The molecule has 1 N–H and O–H groups in total. The molecule has 16 heavy (non-hydrogen) atoms. The minimum Gasteiger partial charge on any atom is -0.481 e. The minimum atomic E-state index is -0.791. The molecule has 2 aromatic rings. The average molecular weight is 218 g/mol. The van der Waals surface area contributed by atoms with Crippen LogP contribution in [0.4, 0.5) is 0 Å². The molecule has 4 heteroatoms. The number of nitrogens with zero attached hydrogens (tertiary/aromatic N) is 2. The van der Waals surface area contributed by atoms with E-state index in [1.165, 1.54) is 0 Å². The lowest BCUT2D eigenvalue weighted by molar-refractivity contribution is -0.138. The van der Waals surface area contributed by atoms with E-state index < -0.39 is 11.4 Å². The largest absolute Gasteiger partial charge is 0.481 e. The van der Waals surface area contributed by atoms with Crippen molar-refractivity contribution in [2.75, 3.05) is 0 Å². The van der Waals surface area contributed by atoms with Crippen LogP contribution in [0, 0.1) is 0 Å². The predicted molar refractivity (Wildman–Crippen MR) is 60.5 cm³/mol. The third-order valence-corrected chi connectivity index (χ3v) is 2.75. The lowest BCUT2D eigenvalue weighted by Crippen LogP contribution is -2.21. The summed E-state index contributed by atoms with van der Waals surface area (Å²) in [7, 11) is 0. The number of carbonyl (C=O) groups is 1. The normalized spacial score (nSPS) is 11.9. The summed E-state index contributed by atoms with van der Waals surface area (Å²) in [6.07, 6.45) is 3.71. The first kappa shape index (κ1) is 10.7. The second kappa shape index (κ2) is 3.63. The third-order valence-electron chi connectivity index (χ3n) is 2.75. The molecule has 0 radical (unpaired) electrons. The monoisotopic (exact) mass is 218 g/mol. The maximum Gasteiger partial charge on any atom is 0.304 e. The molecular weight excluding hydrogens is 204 g/mol. The maximum atomic E-state index is 10.8. The molecule has 2 rings (SSSR count). The van der Waals surface area contributed by atoms with Crippen molar-refractivity contribution in [3.63, 3.8) is 0 Å². The van der Waals surface area contributed by atoms with Crippen LogP contribution in [-0.4, -0.2) is 20.7 Å². The molecule has 0 bridgehead atoms. The van der Waals surface area contributed by atoms with Crippen molar-refractivity contribution in [2.24, 2.45) is 0 Å². The van der Waals surface area contributed by atoms with Gasteiger partial charge in [0, 0.05) is 17.2 Å². The SMILES string of the molecule is CC(C)(CC(=O)O)c1cnn2ccccc12. The van der Waals surface area contributed by atoms with Gasteiger partial charge >= 0.3 is 5.97 Å². The summed E-state index contributed by atoms with van der Waals surface area (Å²) in [5.74, 6) is -0.791. The summed E-state index contributed by atoms with van der Waals surface area (Å²) < 4.78 is 1.76. The number of fused-ring (bicyclic) bond motifs is 1. The van der Waals surface area contributed by atoms with Crippen LogP contribution in [0.25, 0.3) is 5.52 Å². The zero-order chi connectivity index (χ0) is 11.8. The molecule has 0 atom stereocenters. The predicted octanol–water partition coefficient (Wildman–Crippen LogP) is 2.09. The summed E-state index contributed by atoms with van der Waals surface area (Å²) >= 11 is 0. The number of aliphatic carboxylic acids is 1. The summed E-state index contributed by atoms with van der Waals surface area (Å²) in [5, 5.41) is 13.1. The number of rotatable bonds is 3. The maximum absolute atomic E-state index is 10.8. The summed E-state index contributed by atoms with van der Waals surface area (Å²) in [6, 6.07) is 5.78. The van der Waals surface area contributed by atoms with Gasteiger partial charge in [-0.2, -0.15) is 5.10 Å². The van der Waals surface area contributed by atoms with Crippen molar-refractivity contribution in [3.8, 4) is 0 Å². The number of pyridine rings is 1. The first-order valence-electron chi connectivity index (χ1n) is 5.15. The lowest BCUT2D eigenvalue weighted by atomic mass is 9.82. The molecule has 4 nitrogen and oxygen atoms in total. The van der Waals surface area contributed by atoms with Gasteiger partial charge in [-0.25, -0.2) is 4.52 Å². The number of hydrogen-bond acceptors (Lipinski definition) is 2. The highest BCUT2D eigenvalue weighted by Crippen LogP contribution is 2.30. The molecule has 0 aliphatic heterocycles. The van der Waals surface area contributed by atoms with Crippen molar-refractivity contribution in [2.45, 2.75) is 25.7 Å². The van der Waals surface area contributed by atoms with E-state index in [0.717, 1.165) is 11.1 Å². The highest BCUT2D eigenvalue weighted by molar-refractivity contribution is 5.70. The smallest absolute Gasteiger partial charge is 0.304 e. The highest BCUT2D eigenvalue weighted by Gasteiger charge is 2.27. The molecule has 2 aromatic heterocycles. The molecule has 0 aliphatic rings. The second-order valence-corrected chi connectivity index (χ2v) is 4.54. The van der Waals surface area contributed by atoms with Crippen molar-refractivity contribution < 1.29 is 9.90 Å². The fraction of sp³-hybridized carbons (Fsp3) is 0.333. The molecule has 2 heterocycles. The van der Waals surface area contributed by atoms with Crippen LogP contribution in [0.15, 0.2) is 30.6 Å². The van der Waals surface area contributed by atoms with Gasteiger partial charge < -0.3 is 5.11 Å². The van der Waals surface area contributed by atoms with E-state index in [1.54, 1.807) is 10.7 Å². The summed E-state index contributed by atoms with van der Waals surface area (Å²) in [5.41, 5.74) is 1.53. The van der Waals surface area contributed by atoms with Gasteiger partial charge in [0.25, 0.3) is 0 Å². The van der Waals surface area contributed by atoms with E-state index >= 15 is 0 Å². The molecular formula is C12H14N2O2. The van der Waals surface area contributed by atoms with Gasteiger partial charge in [-0.05, 0) is 12.1 Å². The average Bonchev–Trinajstić information content (AvgIpc) is 2.59. The summed E-state index contributed by atoms with van der Waals surface area (Å²) in [4.78, 5) is 10.8. The van der Waals surface area contributed by atoms with E-state index in [-0.39, 0.29) is 6.42 Å². The molecule has 0 amide bonds. The van der Waals surface area contributed by atoms with E-state index in [0.29, 0.717) is 0 Å². The lowest BCUT2D eigenvalue weighted by Gasteiger charge is -2.21. The van der Waals surface area contributed by atoms with Crippen LogP contribution in [-0.2, 0) is 10.2 Å². The Hall–Kier alpha value is -1.84. The fourth-order valence-electron chi connectivity index (χ4n) is 1.93. The molecule has 0 fully saturated rings. The van der Waals surface area contributed by atoms with E-state index in [9.17, 15) is 4.79 Å². The molecule has 0 aliphatic carbocycles. The van der Waals surface area contributed by atoms with Gasteiger partial charge in [-0.3, -0.25) is 4.79 Å². The van der Waals surface area contributed by atoms with Crippen LogP contribution in [0.1, 0.15) is 25.8 Å². The third kappa shape index (κ3) is 1.78. The number of carboxylic acid groups (broad SMARTS) is 1. The Labute approximate surface area is 93.5 Å². The fourth-order valence-corrected chi connectivity index (χ4v) is 1.93. The van der Waals surface area contributed by atoms with Gasteiger partial charge in [0.05, 0.1) is 18.1 Å². The quantitative estimate of drug-likeness (QED) is 0.858. The number of carboxylic acids is 1. The van der Waals surface area contributed by atoms with Gasteiger partial charge in [0.15, 0.2) is 0 Å². The van der Waals surface area contributed by atoms with Gasteiger partial charge in [0.1, 0.15) is 0 Å². The van der Waals surface area contributed by atoms with Crippen molar-refractivity contribution >= 4 is 11.5 Å². The van der Waals surface area contributed by atoms with E-state index in [2.05, 4.69) is 5.10 Å². The van der Waals surface area contributed by atoms with Crippen molar-refractivity contribution in [1.82, 2.24) is 9.61 Å².